The van der Waals surface area contributed by atoms with Crippen LogP contribution in [0.1, 0.15) is 154 Å². The zero-order valence-corrected chi connectivity index (χ0v) is 53.2. The van der Waals surface area contributed by atoms with E-state index in [-0.39, 0.29) is 118 Å². The topological polar surface area (TPSA) is 389 Å². The van der Waals surface area contributed by atoms with Crippen molar-refractivity contribution in [3.8, 4) is 25.0 Å². The fourth-order valence-corrected chi connectivity index (χ4v) is 9.41. The van der Waals surface area contributed by atoms with E-state index in [9.17, 15) is 38.4 Å². The van der Waals surface area contributed by atoms with Gasteiger partial charge in [-0.05, 0) is 103 Å². The molecule has 0 aliphatic carbocycles. The molecular weight excluding hydrogens is 1190 g/mol. The Morgan fingerprint density at radius 1 is 0.341 bits per heavy atom. The minimum atomic E-state index is -0.899. The Morgan fingerprint density at radius 2 is 0.593 bits per heavy atom. The first-order valence-corrected chi connectivity index (χ1v) is 32.1. The molecule has 0 saturated carbocycles. The first kappa shape index (κ1) is 79.6. The number of imide groups is 1. The molecule has 0 aromatic carbocycles. The number of hydrogen-bond donors (Lipinski definition) is 2. The van der Waals surface area contributed by atoms with Crippen molar-refractivity contribution in [3.63, 3.8) is 0 Å². The van der Waals surface area contributed by atoms with E-state index >= 15 is 0 Å². The number of unbranched alkanes of at least 4 members (excludes halogenated alkanes) is 18. The Bertz CT molecular complexity index is 2710. The molecular formula is C60H98N12O19. The van der Waals surface area contributed by atoms with Gasteiger partial charge in [0.1, 0.15) is 33.0 Å². The van der Waals surface area contributed by atoms with Gasteiger partial charge in [0, 0.05) is 52.4 Å². The zero-order chi connectivity index (χ0) is 66.2. The number of urea groups is 1. The molecule has 0 aliphatic rings. The molecule has 0 spiro atoms. The maximum atomic E-state index is 13.7. The Balaban J connectivity index is 2.08. The second kappa shape index (κ2) is 54.2. The Kier molecular flexibility index (Phi) is 47.4. The van der Waals surface area contributed by atoms with Gasteiger partial charge in [-0.25, -0.2) is 70.7 Å². The normalized spacial score (nSPS) is 10.9. The fourth-order valence-electron chi connectivity index (χ4n) is 9.41. The van der Waals surface area contributed by atoms with Gasteiger partial charge in [-0.3, -0.25) is 0 Å². The summed E-state index contributed by atoms with van der Waals surface area (Å²) in [4.78, 5) is 110. The number of aliphatic hydroxyl groups excluding tert-OH is 1. The second-order valence-electron chi connectivity index (χ2n) is 21.1. The second-order valence-corrected chi connectivity index (χ2v) is 21.1. The van der Waals surface area contributed by atoms with E-state index in [0.29, 0.717) is 181 Å². The van der Waals surface area contributed by atoms with Gasteiger partial charge in [0.05, 0.1) is 72.7 Å². The molecule has 0 saturated heterocycles. The third-order valence-electron chi connectivity index (χ3n) is 14.3. The summed E-state index contributed by atoms with van der Waals surface area (Å²) in [5, 5.41) is 46.0. The van der Waals surface area contributed by atoms with Crippen LogP contribution in [-0.2, 0) is 86.6 Å². The monoisotopic (exact) mass is 1290 g/mol. The highest BCUT2D eigenvalue weighted by Crippen LogP contribution is 2.09. The van der Waals surface area contributed by atoms with E-state index in [0.717, 1.165) is 45.1 Å². The van der Waals surface area contributed by atoms with Crippen LogP contribution in [0.3, 0.4) is 0 Å². The number of nitrogens with zero attached hydrogens (tertiary/aromatic N) is 11. The first-order chi connectivity index (χ1) is 44.5. The predicted octanol–water partition coefficient (Wildman–Crippen LogP) is 3.93. The van der Waals surface area contributed by atoms with Crippen molar-refractivity contribution in [2.24, 2.45) is 0 Å². The zero-order valence-electron chi connectivity index (χ0n) is 53.2. The molecule has 91 heavy (non-hydrogen) atoms. The lowest BCUT2D eigenvalue weighted by Crippen LogP contribution is -2.54. The Labute approximate surface area is 531 Å². The predicted molar refractivity (Wildman–Crippen MR) is 328 cm³/mol. The largest absolute Gasteiger partial charge is 0.447 e. The summed E-state index contributed by atoms with van der Waals surface area (Å²) in [6.45, 7) is 4.46. The van der Waals surface area contributed by atoms with Crippen molar-refractivity contribution in [1.82, 2.24) is 37.6 Å². The number of aromatic nitrogens is 6. The van der Waals surface area contributed by atoms with Gasteiger partial charge in [0.2, 0.25) is 0 Å². The van der Waals surface area contributed by atoms with Crippen molar-refractivity contribution in [2.75, 3.05) is 119 Å². The maximum absolute atomic E-state index is 13.7. The maximum Gasteiger partial charge on any atom is 0.418 e. The summed E-state index contributed by atoms with van der Waals surface area (Å²) < 4.78 is 58.0. The van der Waals surface area contributed by atoms with Gasteiger partial charge < -0.3 is 57.8 Å². The van der Waals surface area contributed by atoms with Crippen molar-refractivity contribution in [2.45, 2.75) is 193 Å². The van der Waals surface area contributed by atoms with Crippen LogP contribution in [0, 0.1) is 46.1 Å². The number of ether oxygens (including phenoxy) is 10. The standard InChI is InChI=1S/C60H98N12O19/c61-49-87-34-21-9-5-17-29-69-54(75)67(55(76)70(58(69)79)30-18-6-10-22-35-88-50-62)27-15-2-1-13-25-65-53(74)66(60(81)91-48-47-86-46-45-85-44-43-84-42-41-83-40-39-82-38-33-73)26-14-3-4-16-28-68-56(77)71(31-19-7-11-23-36-89-51-63)59(80)72(57(68)78)32-20-8-12-24-37-90-52-64/h73H,1-48H2,(H,65,74). The third-order valence-corrected chi connectivity index (χ3v) is 14.3. The quantitative estimate of drug-likeness (QED) is 0.0699. The van der Waals surface area contributed by atoms with Gasteiger partial charge in [-0.2, -0.15) is 21.0 Å². The lowest BCUT2D eigenvalue weighted by molar-refractivity contribution is -0.0161. The third kappa shape index (κ3) is 35.6. The van der Waals surface area contributed by atoms with Crippen LogP contribution in [0.2, 0.25) is 0 Å². The molecule has 0 bridgehead atoms. The van der Waals surface area contributed by atoms with Gasteiger partial charge >= 0.3 is 46.3 Å². The highest BCUT2D eigenvalue weighted by Gasteiger charge is 2.23. The Morgan fingerprint density at radius 3 is 0.879 bits per heavy atom. The van der Waals surface area contributed by atoms with Crippen LogP contribution in [0.15, 0.2) is 28.8 Å². The summed E-state index contributed by atoms with van der Waals surface area (Å²) in [5.41, 5.74) is -4.16. The van der Waals surface area contributed by atoms with Crippen molar-refractivity contribution in [3.05, 3.63) is 62.9 Å². The Hall–Kier alpha value is -7.52. The van der Waals surface area contributed by atoms with E-state index in [1.807, 2.05) is 0 Å². The van der Waals surface area contributed by atoms with E-state index in [2.05, 4.69) is 5.32 Å². The van der Waals surface area contributed by atoms with Crippen LogP contribution < -0.4 is 39.5 Å². The van der Waals surface area contributed by atoms with Crippen LogP contribution in [0.4, 0.5) is 9.59 Å². The van der Waals surface area contributed by atoms with Crippen LogP contribution in [-0.4, -0.2) is 168 Å². The van der Waals surface area contributed by atoms with E-state index in [4.69, 9.17) is 73.5 Å². The molecule has 0 radical (unpaired) electrons. The van der Waals surface area contributed by atoms with Crippen LogP contribution >= 0.6 is 0 Å². The molecule has 0 unspecified atom stereocenters. The SMILES string of the molecule is N#COCCCCCCn1c(=O)n(CCCCCCNC(=O)N(CCCCCCn2c(=O)n(CCCCCCOC#N)c(=O)n(CCCCCCOC#N)c2=O)C(=O)OCCOCCOCCOCCOCCOCCO)c(=O)n(CCCCCCOC#N)c1=O. The number of aliphatic hydroxyl groups is 1. The summed E-state index contributed by atoms with van der Waals surface area (Å²) in [6.07, 6.45) is 19.4. The molecule has 2 aromatic heterocycles. The van der Waals surface area contributed by atoms with Crippen LogP contribution in [0.5, 0.6) is 0 Å². The molecule has 2 heterocycles. The molecule has 0 fully saturated rings. The van der Waals surface area contributed by atoms with Crippen molar-refractivity contribution < 1.29 is 62.1 Å². The van der Waals surface area contributed by atoms with Gasteiger partial charge in [-0.15, -0.1) is 0 Å². The van der Waals surface area contributed by atoms with E-state index in [1.54, 1.807) is 25.0 Å². The molecule has 31 heteroatoms. The lowest BCUT2D eigenvalue weighted by Gasteiger charge is -2.21. The number of nitrogens with one attached hydrogen (secondary N) is 1. The summed E-state index contributed by atoms with van der Waals surface area (Å²) in [6, 6.07) is -0.694. The van der Waals surface area contributed by atoms with Gasteiger partial charge in [-0.1, -0.05) is 51.4 Å². The molecule has 0 atom stereocenters. The van der Waals surface area contributed by atoms with Gasteiger partial charge in [0.25, 0.3) is 25.0 Å². The first-order valence-electron chi connectivity index (χ1n) is 32.1. The van der Waals surface area contributed by atoms with Crippen molar-refractivity contribution in [1.29, 1.82) is 21.0 Å². The number of carbonyl (C=O) groups is 2. The fraction of sp³-hybridized carbons (Fsp3) is 0.800. The number of carbonyl (C=O) groups excluding carboxylic acids is 2. The van der Waals surface area contributed by atoms with E-state index < -0.39 is 46.3 Å². The smallest absolute Gasteiger partial charge is 0.418 e. The number of rotatable bonds is 59. The minimum absolute atomic E-state index is 0.0209. The molecule has 512 valence electrons. The molecule has 2 aromatic rings. The highest BCUT2D eigenvalue weighted by atomic mass is 16.6. The molecule has 31 nitrogen and oxygen atoms in total. The molecule has 2 rings (SSSR count). The summed E-state index contributed by atoms with van der Waals surface area (Å²) in [7, 11) is 0. The summed E-state index contributed by atoms with van der Waals surface area (Å²) in [5.74, 6) is 0. The highest BCUT2D eigenvalue weighted by molar-refractivity contribution is 5.90. The molecule has 0 aliphatic heterocycles. The number of nitriles is 4. The molecule has 3 amide bonds. The van der Waals surface area contributed by atoms with E-state index in [1.165, 1.54) is 0 Å². The number of hydrogen-bond acceptors (Lipinski definition) is 23. The number of amides is 3. The summed E-state index contributed by atoms with van der Waals surface area (Å²) >= 11 is 0. The van der Waals surface area contributed by atoms with Gasteiger partial charge in [0.15, 0.2) is 0 Å². The minimum Gasteiger partial charge on any atom is -0.447 e. The average molecular weight is 1290 g/mol. The lowest BCUT2D eigenvalue weighted by atomic mass is 10.2. The molecule has 2 N–H and O–H groups in total. The average Bonchev–Trinajstić information content (AvgIpc) is 0.834. The van der Waals surface area contributed by atoms with Crippen molar-refractivity contribution >= 4 is 12.1 Å². The van der Waals surface area contributed by atoms with Crippen LogP contribution in [0.25, 0.3) is 0 Å².